The summed E-state index contributed by atoms with van der Waals surface area (Å²) in [6, 6.07) is 24.7. The van der Waals surface area contributed by atoms with Crippen LogP contribution in [0.25, 0.3) is 22.0 Å². The Morgan fingerprint density at radius 2 is 1.59 bits per heavy atom. The van der Waals surface area contributed by atoms with Crippen LogP contribution in [0.3, 0.4) is 0 Å². The van der Waals surface area contributed by atoms with Crippen LogP contribution in [0.5, 0.6) is 11.5 Å². The number of anilines is 2. The van der Waals surface area contributed by atoms with E-state index in [2.05, 4.69) is 31.6 Å². The van der Waals surface area contributed by atoms with Crippen molar-refractivity contribution in [3.8, 4) is 22.6 Å². The number of hydrogen-bond donors (Lipinski definition) is 2. The first kappa shape index (κ1) is 30.5. The molecule has 6 rings (SSSR count). The van der Waals surface area contributed by atoms with E-state index < -0.39 is 5.97 Å². The summed E-state index contributed by atoms with van der Waals surface area (Å²) in [6.07, 6.45) is 2.42. The van der Waals surface area contributed by atoms with Crippen LogP contribution in [-0.4, -0.2) is 67.7 Å². The summed E-state index contributed by atoms with van der Waals surface area (Å²) in [7, 11) is 4.66. The average Bonchev–Trinajstić information content (AvgIpc) is 3.10. The number of esters is 1. The van der Waals surface area contributed by atoms with E-state index in [-0.39, 0.29) is 5.91 Å². The molecule has 4 aromatic carbocycles. The van der Waals surface area contributed by atoms with E-state index in [0.29, 0.717) is 29.2 Å². The van der Waals surface area contributed by atoms with Gasteiger partial charge in [0.2, 0.25) is 0 Å². The highest BCUT2D eigenvalue weighted by Crippen LogP contribution is 2.33. The molecular weight excluding hydrogens is 582 g/mol. The topological polar surface area (TPSA) is 115 Å². The molecule has 2 heterocycles. The molecular formula is C36H35N5O5. The van der Waals surface area contributed by atoms with E-state index in [9.17, 15) is 9.59 Å². The number of nitrogens with zero attached hydrogens (tertiary/aromatic N) is 3. The second kappa shape index (κ2) is 13.7. The lowest BCUT2D eigenvalue weighted by Gasteiger charge is -2.29. The minimum absolute atomic E-state index is 0.108. The first-order chi connectivity index (χ1) is 22.4. The van der Waals surface area contributed by atoms with Gasteiger partial charge >= 0.3 is 5.97 Å². The van der Waals surface area contributed by atoms with Gasteiger partial charge in [-0.15, -0.1) is 0 Å². The Balaban J connectivity index is 1.09. The largest absolute Gasteiger partial charge is 0.493 e. The number of methoxy groups -OCH3 is 3. The molecule has 1 amide bonds. The van der Waals surface area contributed by atoms with Crippen molar-refractivity contribution < 1.29 is 23.8 Å². The van der Waals surface area contributed by atoms with E-state index in [4.69, 9.17) is 14.2 Å². The van der Waals surface area contributed by atoms with Crippen molar-refractivity contribution in [1.29, 1.82) is 0 Å². The fraction of sp³-hybridized carbons (Fsp3) is 0.222. The molecule has 46 heavy (non-hydrogen) atoms. The number of ether oxygens (including phenoxy) is 3. The zero-order valence-electron chi connectivity index (χ0n) is 26.0. The highest BCUT2D eigenvalue weighted by molar-refractivity contribution is 5.96. The zero-order chi connectivity index (χ0) is 32.0. The van der Waals surface area contributed by atoms with E-state index in [1.54, 1.807) is 32.4 Å². The predicted molar refractivity (Wildman–Crippen MR) is 177 cm³/mol. The van der Waals surface area contributed by atoms with Gasteiger partial charge in [0.15, 0.2) is 11.5 Å². The second-order valence-corrected chi connectivity index (χ2v) is 11.0. The molecule has 1 aliphatic heterocycles. The summed E-state index contributed by atoms with van der Waals surface area (Å²) in [6.45, 7) is 3.02. The Hall–Kier alpha value is -5.48. The lowest BCUT2D eigenvalue weighted by molar-refractivity contribution is 0.0600. The minimum atomic E-state index is -0.410. The molecule has 0 saturated heterocycles. The van der Waals surface area contributed by atoms with E-state index in [1.807, 2.05) is 54.6 Å². The van der Waals surface area contributed by atoms with E-state index >= 15 is 0 Å². The smallest absolute Gasteiger partial charge is 0.337 e. The Kier molecular flexibility index (Phi) is 9.07. The maximum Gasteiger partial charge on any atom is 0.337 e. The van der Waals surface area contributed by atoms with Gasteiger partial charge in [0, 0.05) is 42.8 Å². The second-order valence-electron chi connectivity index (χ2n) is 11.0. The summed E-state index contributed by atoms with van der Waals surface area (Å²) in [5.74, 6) is 1.58. The van der Waals surface area contributed by atoms with Crippen molar-refractivity contribution in [2.45, 2.75) is 13.0 Å². The summed E-state index contributed by atoms with van der Waals surface area (Å²) in [5, 5.41) is 7.18. The summed E-state index contributed by atoms with van der Waals surface area (Å²) in [5.41, 5.74) is 6.93. The molecule has 10 heteroatoms. The van der Waals surface area contributed by atoms with Gasteiger partial charge in [0.25, 0.3) is 5.91 Å². The van der Waals surface area contributed by atoms with Crippen LogP contribution < -0.4 is 20.1 Å². The molecule has 0 spiro atoms. The van der Waals surface area contributed by atoms with Gasteiger partial charge in [-0.05, 0) is 83.3 Å². The normalized spacial score (nSPS) is 12.7. The maximum absolute atomic E-state index is 13.0. The highest BCUT2D eigenvalue weighted by atomic mass is 16.5. The fourth-order valence-electron chi connectivity index (χ4n) is 5.69. The van der Waals surface area contributed by atoms with Crippen molar-refractivity contribution in [3.63, 3.8) is 0 Å². The first-order valence-electron chi connectivity index (χ1n) is 15.0. The van der Waals surface area contributed by atoms with Gasteiger partial charge in [-0.1, -0.05) is 24.3 Å². The number of rotatable bonds is 10. The van der Waals surface area contributed by atoms with Gasteiger partial charge in [0.05, 0.1) is 32.4 Å². The Bertz CT molecular complexity index is 1890. The highest BCUT2D eigenvalue weighted by Gasteiger charge is 2.19. The van der Waals surface area contributed by atoms with Gasteiger partial charge in [0.1, 0.15) is 12.1 Å². The quantitative estimate of drug-likeness (QED) is 0.192. The van der Waals surface area contributed by atoms with Crippen LogP contribution in [-0.2, 0) is 17.7 Å². The number of benzene rings is 4. The van der Waals surface area contributed by atoms with Crippen LogP contribution in [0.4, 0.5) is 11.5 Å². The Morgan fingerprint density at radius 3 is 2.35 bits per heavy atom. The maximum atomic E-state index is 13.0. The number of carbonyl (C=O) groups excluding carboxylic acids is 2. The van der Waals surface area contributed by atoms with Crippen LogP contribution >= 0.6 is 0 Å². The number of carbonyl (C=O) groups is 2. The van der Waals surface area contributed by atoms with Crippen LogP contribution in [0, 0.1) is 0 Å². The van der Waals surface area contributed by atoms with Crippen molar-refractivity contribution in [2.75, 3.05) is 46.3 Å². The molecule has 1 aromatic heterocycles. The lowest BCUT2D eigenvalue weighted by Crippen LogP contribution is -2.37. The van der Waals surface area contributed by atoms with E-state index in [0.717, 1.165) is 59.6 Å². The molecule has 2 N–H and O–H groups in total. The third kappa shape index (κ3) is 6.62. The van der Waals surface area contributed by atoms with Gasteiger partial charge in [-0.3, -0.25) is 9.69 Å². The van der Waals surface area contributed by atoms with E-state index in [1.165, 1.54) is 24.6 Å². The molecule has 0 bridgehead atoms. The van der Waals surface area contributed by atoms with Crippen molar-refractivity contribution in [1.82, 2.24) is 20.2 Å². The van der Waals surface area contributed by atoms with Gasteiger partial charge < -0.3 is 24.8 Å². The van der Waals surface area contributed by atoms with Crippen LogP contribution in [0.1, 0.15) is 31.8 Å². The number of fused-ring (bicyclic) bond motifs is 2. The third-order valence-corrected chi connectivity index (χ3v) is 8.17. The van der Waals surface area contributed by atoms with Crippen molar-refractivity contribution in [3.05, 3.63) is 107 Å². The predicted octanol–water partition coefficient (Wildman–Crippen LogP) is 5.63. The van der Waals surface area contributed by atoms with Gasteiger partial charge in [-0.2, -0.15) is 0 Å². The standard InChI is InChI=1S/C36H35N5O5/c1-44-32-19-26-13-15-41(21-28(26)20-33(32)45-2)16-14-37-35(42)24-9-7-23(8-10-24)25-11-12-31-30(18-25)34(39-22-38-31)40-29-6-4-5-27(17-29)36(43)46-3/h4-12,17-20,22H,13-16,21H2,1-3H3,(H,37,42)(H,38,39,40). The Morgan fingerprint density at radius 1 is 0.826 bits per heavy atom. The summed E-state index contributed by atoms with van der Waals surface area (Å²) >= 11 is 0. The SMILES string of the molecule is COC(=O)c1cccc(Nc2ncnc3ccc(-c4ccc(C(=O)NCCN5CCc6cc(OC)c(OC)cc6C5)cc4)cc23)c1. The van der Waals surface area contributed by atoms with Crippen molar-refractivity contribution >= 4 is 34.3 Å². The van der Waals surface area contributed by atoms with Gasteiger partial charge in [-0.25, -0.2) is 14.8 Å². The molecule has 5 aromatic rings. The minimum Gasteiger partial charge on any atom is -0.493 e. The molecule has 0 fully saturated rings. The average molecular weight is 618 g/mol. The molecule has 0 unspecified atom stereocenters. The molecule has 0 saturated carbocycles. The molecule has 234 valence electrons. The molecule has 0 aliphatic carbocycles. The molecule has 0 atom stereocenters. The zero-order valence-corrected chi connectivity index (χ0v) is 26.0. The summed E-state index contributed by atoms with van der Waals surface area (Å²) < 4.78 is 15.8. The monoisotopic (exact) mass is 617 g/mol. The van der Waals surface area contributed by atoms with Crippen LogP contribution in [0.2, 0.25) is 0 Å². The molecule has 1 aliphatic rings. The molecule has 0 radical (unpaired) electrons. The van der Waals surface area contributed by atoms with Crippen molar-refractivity contribution in [2.24, 2.45) is 0 Å². The fourth-order valence-corrected chi connectivity index (χ4v) is 5.69. The van der Waals surface area contributed by atoms with Crippen LogP contribution in [0.15, 0.2) is 85.2 Å². The first-order valence-corrected chi connectivity index (χ1v) is 15.0. The Labute approximate surface area is 267 Å². The number of amides is 1. The number of hydrogen-bond acceptors (Lipinski definition) is 9. The molecule has 10 nitrogen and oxygen atoms in total. The summed E-state index contributed by atoms with van der Waals surface area (Å²) in [4.78, 5) is 36.1. The lowest BCUT2D eigenvalue weighted by atomic mass is 9.99. The number of nitrogens with one attached hydrogen (secondary N) is 2. The number of aromatic nitrogens is 2. The third-order valence-electron chi connectivity index (χ3n) is 8.17.